The Morgan fingerprint density at radius 3 is 2.89 bits per heavy atom. The van der Waals surface area contributed by atoms with Crippen LogP contribution in [0.2, 0.25) is 0 Å². The Morgan fingerprint density at radius 2 is 2.16 bits per heavy atom. The molecule has 0 aliphatic rings. The lowest BCUT2D eigenvalue weighted by Gasteiger charge is -1.94. The molecule has 0 saturated carbocycles. The van der Waals surface area contributed by atoms with E-state index in [4.69, 9.17) is 0 Å². The molecule has 0 aliphatic carbocycles. The largest absolute Gasteiger partial charge is 0.297 e. The van der Waals surface area contributed by atoms with E-state index < -0.39 is 0 Å². The van der Waals surface area contributed by atoms with Crippen molar-refractivity contribution in [1.29, 1.82) is 0 Å². The molecule has 0 unspecified atom stereocenters. The minimum absolute atomic E-state index is 0.201. The molecular formula is C13H13N3OS2. The number of carbonyl (C=O) groups is 1. The molecule has 1 aromatic carbocycles. The Labute approximate surface area is 120 Å². The van der Waals surface area contributed by atoms with E-state index in [2.05, 4.69) is 15.5 Å². The molecule has 0 atom stereocenters. The molecule has 0 bridgehead atoms. The third-order valence-corrected chi connectivity index (χ3v) is 3.99. The number of aromatic nitrogens is 2. The molecule has 1 aromatic heterocycles. The van der Waals surface area contributed by atoms with Gasteiger partial charge < -0.3 is 0 Å². The Hall–Kier alpha value is -1.66. The normalized spacial score (nSPS) is 10.8. The van der Waals surface area contributed by atoms with Crippen molar-refractivity contribution in [1.82, 2.24) is 10.2 Å². The summed E-state index contributed by atoms with van der Waals surface area (Å²) in [6, 6.07) is 9.66. The van der Waals surface area contributed by atoms with E-state index in [0.29, 0.717) is 5.13 Å². The van der Waals surface area contributed by atoms with Gasteiger partial charge in [0, 0.05) is 6.08 Å². The molecule has 0 radical (unpaired) electrons. The van der Waals surface area contributed by atoms with Gasteiger partial charge in [-0.1, -0.05) is 60.4 Å². The van der Waals surface area contributed by atoms with Gasteiger partial charge in [-0.05, 0) is 17.4 Å². The maximum absolute atomic E-state index is 11.7. The van der Waals surface area contributed by atoms with E-state index in [1.165, 1.54) is 17.4 Å². The van der Waals surface area contributed by atoms with Gasteiger partial charge in [0.1, 0.15) is 0 Å². The van der Waals surface area contributed by atoms with Crippen LogP contribution in [0.1, 0.15) is 12.5 Å². The van der Waals surface area contributed by atoms with E-state index in [9.17, 15) is 4.79 Å². The molecule has 98 valence electrons. The van der Waals surface area contributed by atoms with Crippen LogP contribution < -0.4 is 5.32 Å². The summed E-state index contributed by atoms with van der Waals surface area (Å²) in [5, 5.41) is 11.1. The van der Waals surface area contributed by atoms with Crippen molar-refractivity contribution in [2.45, 2.75) is 11.3 Å². The Bertz CT molecular complexity index is 566. The summed E-state index contributed by atoms with van der Waals surface area (Å²) in [4.78, 5) is 11.7. The highest BCUT2D eigenvalue weighted by atomic mass is 32.2. The van der Waals surface area contributed by atoms with Crippen molar-refractivity contribution in [2.24, 2.45) is 0 Å². The quantitative estimate of drug-likeness (QED) is 0.522. The fraction of sp³-hybridized carbons (Fsp3) is 0.154. The fourth-order valence-corrected chi connectivity index (χ4v) is 2.98. The van der Waals surface area contributed by atoms with Gasteiger partial charge in [-0.2, -0.15) is 0 Å². The van der Waals surface area contributed by atoms with E-state index in [1.807, 2.05) is 37.3 Å². The second-order valence-corrected chi connectivity index (χ2v) is 6.03. The predicted molar refractivity (Wildman–Crippen MR) is 80.4 cm³/mol. The summed E-state index contributed by atoms with van der Waals surface area (Å²) in [7, 11) is 0. The van der Waals surface area contributed by atoms with Crippen molar-refractivity contribution in [2.75, 3.05) is 11.1 Å². The lowest BCUT2D eigenvalue weighted by Crippen LogP contribution is -2.07. The smallest absolute Gasteiger partial charge is 0.250 e. The first-order chi connectivity index (χ1) is 9.28. The average Bonchev–Trinajstić information content (AvgIpc) is 2.85. The van der Waals surface area contributed by atoms with E-state index in [0.717, 1.165) is 15.7 Å². The lowest BCUT2D eigenvalue weighted by molar-refractivity contribution is -0.111. The molecule has 6 heteroatoms. The number of carbonyl (C=O) groups excluding carboxylic acids is 1. The Kier molecular flexibility index (Phi) is 5.11. The molecule has 0 spiro atoms. The van der Waals surface area contributed by atoms with Gasteiger partial charge >= 0.3 is 0 Å². The highest BCUT2D eigenvalue weighted by molar-refractivity contribution is 8.01. The summed E-state index contributed by atoms with van der Waals surface area (Å²) >= 11 is 2.99. The number of anilines is 1. The van der Waals surface area contributed by atoms with E-state index in [1.54, 1.807) is 17.8 Å². The first-order valence-corrected chi connectivity index (χ1v) is 7.58. The summed E-state index contributed by atoms with van der Waals surface area (Å²) in [5.74, 6) is 0.740. The molecule has 0 saturated heterocycles. The third-order valence-electron chi connectivity index (χ3n) is 2.13. The number of hydrogen-bond donors (Lipinski definition) is 1. The van der Waals surface area contributed by atoms with E-state index in [-0.39, 0.29) is 5.91 Å². The van der Waals surface area contributed by atoms with Gasteiger partial charge in [0.15, 0.2) is 4.34 Å². The molecule has 1 heterocycles. The van der Waals surface area contributed by atoms with Crippen LogP contribution in [0, 0.1) is 0 Å². The van der Waals surface area contributed by atoms with Crippen molar-refractivity contribution < 1.29 is 4.79 Å². The van der Waals surface area contributed by atoms with Crippen LogP contribution in [0.4, 0.5) is 5.13 Å². The second-order valence-electron chi connectivity index (χ2n) is 3.54. The standard InChI is InChI=1S/C13H13N3OS2/c1-2-18-13-16-15-12(19-13)14-11(17)9-8-10-6-4-3-5-7-10/h3-9H,2H2,1H3,(H,14,15,17)/b9-8+. The fourth-order valence-electron chi connectivity index (χ4n) is 1.33. The van der Waals surface area contributed by atoms with Crippen LogP contribution in [0.5, 0.6) is 0 Å². The number of rotatable bonds is 5. The lowest BCUT2D eigenvalue weighted by atomic mass is 10.2. The maximum Gasteiger partial charge on any atom is 0.250 e. The van der Waals surface area contributed by atoms with Gasteiger partial charge in [-0.3, -0.25) is 10.1 Å². The number of hydrogen-bond acceptors (Lipinski definition) is 5. The molecule has 1 amide bonds. The second kappa shape index (κ2) is 7.06. The molecule has 19 heavy (non-hydrogen) atoms. The van der Waals surface area contributed by atoms with Crippen LogP contribution >= 0.6 is 23.1 Å². The number of nitrogens with one attached hydrogen (secondary N) is 1. The van der Waals surface area contributed by atoms with Gasteiger partial charge in [0.05, 0.1) is 0 Å². The summed E-state index contributed by atoms with van der Waals surface area (Å²) in [5.41, 5.74) is 0.983. The van der Waals surface area contributed by atoms with Crippen molar-refractivity contribution >= 4 is 40.2 Å². The molecule has 2 rings (SSSR count). The highest BCUT2D eigenvalue weighted by Crippen LogP contribution is 2.24. The van der Waals surface area contributed by atoms with Crippen LogP contribution in [0.25, 0.3) is 6.08 Å². The zero-order chi connectivity index (χ0) is 13.5. The Morgan fingerprint density at radius 1 is 1.37 bits per heavy atom. The minimum atomic E-state index is -0.201. The summed E-state index contributed by atoms with van der Waals surface area (Å²) < 4.78 is 0.866. The van der Waals surface area contributed by atoms with Crippen molar-refractivity contribution in [3.63, 3.8) is 0 Å². The van der Waals surface area contributed by atoms with Crippen LogP contribution in [-0.4, -0.2) is 21.9 Å². The van der Waals surface area contributed by atoms with Crippen LogP contribution in [0.15, 0.2) is 40.7 Å². The molecule has 4 nitrogen and oxygen atoms in total. The predicted octanol–water partition coefficient (Wildman–Crippen LogP) is 3.30. The maximum atomic E-state index is 11.7. The zero-order valence-corrected chi connectivity index (χ0v) is 12.0. The number of nitrogens with zero attached hydrogens (tertiary/aromatic N) is 2. The van der Waals surface area contributed by atoms with Crippen LogP contribution in [0.3, 0.4) is 0 Å². The zero-order valence-electron chi connectivity index (χ0n) is 10.4. The number of amides is 1. The number of benzene rings is 1. The molecular weight excluding hydrogens is 278 g/mol. The first-order valence-electron chi connectivity index (χ1n) is 5.78. The van der Waals surface area contributed by atoms with Gasteiger partial charge in [0.25, 0.3) is 0 Å². The topological polar surface area (TPSA) is 54.9 Å². The van der Waals surface area contributed by atoms with Crippen molar-refractivity contribution in [3.8, 4) is 0 Å². The van der Waals surface area contributed by atoms with E-state index >= 15 is 0 Å². The highest BCUT2D eigenvalue weighted by Gasteiger charge is 2.05. The van der Waals surface area contributed by atoms with Gasteiger partial charge in [-0.25, -0.2) is 0 Å². The molecule has 1 N–H and O–H groups in total. The summed E-state index contributed by atoms with van der Waals surface area (Å²) in [6.45, 7) is 2.05. The minimum Gasteiger partial charge on any atom is -0.297 e. The SMILES string of the molecule is CCSc1nnc(NC(=O)/C=C/c2ccccc2)s1. The van der Waals surface area contributed by atoms with Gasteiger partial charge in [-0.15, -0.1) is 10.2 Å². The van der Waals surface area contributed by atoms with Gasteiger partial charge in [0.2, 0.25) is 11.0 Å². The third kappa shape index (κ3) is 4.50. The molecule has 2 aromatic rings. The monoisotopic (exact) mass is 291 g/mol. The molecule has 0 aliphatic heterocycles. The average molecular weight is 291 g/mol. The van der Waals surface area contributed by atoms with Crippen molar-refractivity contribution in [3.05, 3.63) is 42.0 Å². The Balaban J connectivity index is 1.92. The molecule has 0 fully saturated rings. The van der Waals surface area contributed by atoms with Crippen LogP contribution in [-0.2, 0) is 4.79 Å². The number of thioether (sulfide) groups is 1. The summed E-state index contributed by atoms with van der Waals surface area (Å²) in [6.07, 6.45) is 3.25. The first kappa shape index (κ1) is 13.8.